The Morgan fingerprint density at radius 3 is 2.34 bits per heavy atom. The molecule has 0 radical (unpaired) electrons. The highest BCUT2D eigenvalue weighted by Gasteiger charge is 2.27. The van der Waals surface area contributed by atoms with Gasteiger partial charge in [-0.1, -0.05) is 48.0 Å². The van der Waals surface area contributed by atoms with Gasteiger partial charge in [0.25, 0.3) is 0 Å². The van der Waals surface area contributed by atoms with Crippen molar-refractivity contribution in [3.05, 3.63) is 88.4 Å². The standard InChI is InChI=1S/C24H25ClN2O4S/c1-16-9-10-19(15-21(16)25)26-24(28)22(14-18-7-5-4-6-8-18)27-32(29,30)20-11-12-23(31-3)17(2)13-20/h4-13,15,22,27H,14H2,1-3H3,(H,26,28)/t22-/m1/s1. The molecule has 0 aliphatic carbocycles. The Hall–Kier alpha value is -2.87. The summed E-state index contributed by atoms with van der Waals surface area (Å²) < 4.78 is 33.9. The van der Waals surface area contributed by atoms with Gasteiger partial charge >= 0.3 is 0 Å². The molecule has 0 spiro atoms. The van der Waals surface area contributed by atoms with Gasteiger partial charge in [-0.3, -0.25) is 4.79 Å². The molecular weight excluding hydrogens is 448 g/mol. The Bertz CT molecular complexity index is 1210. The smallest absolute Gasteiger partial charge is 0.242 e. The van der Waals surface area contributed by atoms with Crippen LogP contribution in [0.4, 0.5) is 5.69 Å². The van der Waals surface area contributed by atoms with Crippen LogP contribution in [0.1, 0.15) is 16.7 Å². The second-order valence-electron chi connectivity index (χ2n) is 7.45. The van der Waals surface area contributed by atoms with Gasteiger partial charge in [-0.25, -0.2) is 8.42 Å². The third kappa shape index (κ3) is 5.88. The van der Waals surface area contributed by atoms with Gasteiger partial charge in [0.1, 0.15) is 11.8 Å². The quantitative estimate of drug-likeness (QED) is 0.505. The number of hydrogen-bond donors (Lipinski definition) is 2. The molecule has 1 atom stereocenters. The van der Waals surface area contributed by atoms with Crippen LogP contribution in [-0.2, 0) is 21.2 Å². The van der Waals surface area contributed by atoms with E-state index in [9.17, 15) is 13.2 Å². The van der Waals surface area contributed by atoms with Gasteiger partial charge in [-0.05, 0) is 67.3 Å². The molecule has 0 heterocycles. The molecular formula is C24H25ClN2O4S. The molecule has 0 aromatic heterocycles. The van der Waals surface area contributed by atoms with Gasteiger partial charge in [-0.15, -0.1) is 0 Å². The van der Waals surface area contributed by atoms with Crippen LogP contribution >= 0.6 is 11.6 Å². The molecule has 0 saturated carbocycles. The maximum atomic E-state index is 13.1. The number of amides is 1. The van der Waals surface area contributed by atoms with Crippen LogP contribution < -0.4 is 14.8 Å². The van der Waals surface area contributed by atoms with Gasteiger partial charge in [0.15, 0.2) is 0 Å². The number of ether oxygens (including phenoxy) is 1. The van der Waals surface area contributed by atoms with Crippen LogP contribution in [0.5, 0.6) is 5.75 Å². The first-order valence-corrected chi connectivity index (χ1v) is 11.8. The number of carbonyl (C=O) groups excluding carboxylic acids is 1. The first-order valence-electron chi connectivity index (χ1n) is 9.97. The van der Waals surface area contributed by atoms with Gasteiger partial charge in [0, 0.05) is 10.7 Å². The normalized spacial score (nSPS) is 12.2. The van der Waals surface area contributed by atoms with E-state index in [0.29, 0.717) is 22.0 Å². The first kappa shape index (κ1) is 23.8. The summed E-state index contributed by atoms with van der Waals surface area (Å²) in [6.07, 6.45) is 0.181. The predicted octanol–water partition coefficient (Wildman–Crippen LogP) is 4.49. The summed E-state index contributed by atoms with van der Waals surface area (Å²) >= 11 is 6.16. The fraction of sp³-hybridized carbons (Fsp3) is 0.208. The Morgan fingerprint density at radius 2 is 1.72 bits per heavy atom. The maximum absolute atomic E-state index is 13.1. The predicted molar refractivity (Wildman–Crippen MR) is 127 cm³/mol. The molecule has 0 fully saturated rings. The van der Waals surface area contributed by atoms with Gasteiger partial charge in [0.05, 0.1) is 12.0 Å². The molecule has 0 saturated heterocycles. The third-order valence-corrected chi connectivity index (χ3v) is 6.89. The van der Waals surface area contributed by atoms with Crippen molar-refractivity contribution in [3.8, 4) is 5.75 Å². The van der Waals surface area contributed by atoms with Gasteiger partial charge in [-0.2, -0.15) is 4.72 Å². The second kappa shape index (κ2) is 10.2. The number of rotatable bonds is 8. The summed E-state index contributed by atoms with van der Waals surface area (Å²) in [5, 5.41) is 3.27. The number of benzene rings is 3. The zero-order valence-corrected chi connectivity index (χ0v) is 19.6. The zero-order valence-electron chi connectivity index (χ0n) is 18.1. The average molecular weight is 473 g/mol. The molecule has 2 N–H and O–H groups in total. The minimum absolute atomic E-state index is 0.0556. The lowest BCUT2D eigenvalue weighted by atomic mass is 10.1. The molecule has 0 aliphatic rings. The lowest BCUT2D eigenvalue weighted by Crippen LogP contribution is -2.45. The van der Waals surface area contributed by atoms with Crippen molar-refractivity contribution in [3.63, 3.8) is 0 Å². The molecule has 6 nitrogen and oxygen atoms in total. The van der Waals surface area contributed by atoms with E-state index in [1.54, 1.807) is 31.2 Å². The lowest BCUT2D eigenvalue weighted by Gasteiger charge is -2.19. The largest absolute Gasteiger partial charge is 0.496 e. The highest BCUT2D eigenvalue weighted by molar-refractivity contribution is 7.89. The molecule has 0 aliphatic heterocycles. The summed E-state index contributed by atoms with van der Waals surface area (Å²) in [5.41, 5.74) is 2.86. The zero-order chi connectivity index (χ0) is 23.3. The number of carbonyl (C=O) groups is 1. The molecule has 0 bridgehead atoms. The molecule has 32 heavy (non-hydrogen) atoms. The number of nitrogens with one attached hydrogen (secondary N) is 2. The van der Waals surface area contributed by atoms with E-state index >= 15 is 0 Å². The van der Waals surface area contributed by atoms with Crippen molar-refractivity contribution in [2.45, 2.75) is 31.2 Å². The fourth-order valence-corrected chi connectivity index (χ4v) is 4.67. The minimum Gasteiger partial charge on any atom is -0.496 e. The molecule has 0 unspecified atom stereocenters. The van der Waals surface area contributed by atoms with Crippen LogP contribution in [0.2, 0.25) is 5.02 Å². The summed E-state index contributed by atoms with van der Waals surface area (Å²) in [7, 11) is -2.45. The van der Waals surface area contributed by atoms with Crippen molar-refractivity contribution in [1.29, 1.82) is 0 Å². The number of halogens is 1. The van der Waals surface area contributed by atoms with Crippen LogP contribution in [0.15, 0.2) is 71.6 Å². The van der Waals surface area contributed by atoms with Crippen molar-refractivity contribution in [1.82, 2.24) is 4.72 Å². The van der Waals surface area contributed by atoms with Crippen molar-refractivity contribution >= 4 is 33.2 Å². The highest BCUT2D eigenvalue weighted by Crippen LogP contribution is 2.23. The number of methoxy groups -OCH3 is 1. The Labute approximate surface area is 193 Å². The molecule has 3 aromatic carbocycles. The average Bonchev–Trinajstić information content (AvgIpc) is 2.76. The summed E-state index contributed by atoms with van der Waals surface area (Å²) in [5.74, 6) is 0.0985. The Morgan fingerprint density at radius 1 is 1.00 bits per heavy atom. The maximum Gasteiger partial charge on any atom is 0.242 e. The minimum atomic E-state index is -3.97. The molecule has 8 heteroatoms. The van der Waals surface area contributed by atoms with E-state index < -0.39 is 22.0 Å². The van der Waals surface area contributed by atoms with E-state index in [4.69, 9.17) is 16.3 Å². The van der Waals surface area contributed by atoms with Crippen LogP contribution in [0.25, 0.3) is 0 Å². The topological polar surface area (TPSA) is 84.5 Å². The summed E-state index contributed by atoms with van der Waals surface area (Å²) in [6, 6.07) is 17.9. The van der Waals surface area contributed by atoms with Crippen molar-refractivity contribution in [2.75, 3.05) is 12.4 Å². The van der Waals surface area contributed by atoms with Crippen LogP contribution in [-0.4, -0.2) is 27.5 Å². The van der Waals surface area contributed by atoms with E-state index in [0.717, 1.165) is 11.1 Å². The summed E-state index contributed by atoms with van der Waals surface area (Å²) in [6.45, 7) is 3.62. The van der Waals surface area contributed by atoms with Crippen LogP contribution in [0, 0.1) is 13.8 Å². The van der Waals surface area contributed by atoms with Crippen molar-refractivity contribution in [2.24, 2.45) is 0 Å². The molecule has 168 valence electrons. The van der Waals surface area contributed by atoms with Crippen molar-refractivity contribution < 1.29 is 17.9 Å². The van der Waals surface area contributed by atoms with Gasteiger partial charge in [0.2, 0.25) is 15.9 Å². The number of anilines is 1. The van der Waals surface area contributed by atoms with E-state index in [-0.39, 0.29) is 11.3 Å². The number of sulfonamides is 1. The monoisotopic (exact) mass is 472 g/mol. The fourth-order valence-electron chi connectivity index (χ4n) is 3.21. The number of hydrogen-bond acceptors (Lipinski definition) is 4. The molecule has 3 rings (SSSR count). The first-order chi connectivity index (χ1) is 15.2. The van der Waals surface area contributed by atoms with Crippen LogP contribution in [0.3, 0.4) is 0 Å². The summed E-state index contributed by atoms with van der Waals surface area (Å²) in [4.78, 5) is 13.1. The Kier molecular flexibility index (Phi) is 7.56. The molecule has 3 aromatic rings. The third-order valence-electron chi connectivity index (χ3n) is 5.01. The number of aryl methyl sites for hydroxylation is 2. The van der Waals surface area contributed by atoms with E-state index in [2.05, 4.69) is 10.0 Å². The van der Waals surface area contributed by atoms with E-state index in [1.807, 2.05) is 37.3 Å². The van der Waals surface area contributed by atoms with Gasteiger partial charge < -0.3 is 10.1 Å². The SMILES string of the molecule is COc1ccc(S(=O)(=O)N[C@H](Cc2ccccc2)C(=O)Nc2ccc(C)c(Cl)c2)cc1C. The molecule has 1 amide bonds. The Balaban J connectivity index is 1.88. The van der Waals surface area contributed by atoms with E-state index in [1.165, 1.54) is 19.2 Å². The second-order valence-corrected chi connectivity index (χ2v) is 9.57. The highest BCUT2D eigenvalue weighted by atomic mass is 35.5. The lowest BCUT2D eigenvalue weighted by molar-refractivity contribution is -0.117.